The molecule has 0 N–H and O–H groups in total. The molecule has 1 aromatic rings. The SMILES string of the molecule is COc1c(C=O)cnc(C(F)F)c1I. The summed E-state index contributed by atoms with van der Waals surface area (Å²) in [6, 6.07) is 0. The van der Waals surface area contributed by atoms with E-state index >= 15 is 0 Å². The molecule has 0 amide bonds. The topological polar surface area (TPSA) is 39.2 Å². The largest absolute Gasteiger partial charge is 0.495 e. The highest BCUT2D eigenvalue weighted by Crippen LogP contribution is 2.31. The van der Waals surface area contributed by atoms with Crippen LogP contribution in [0.1, 0.15) is 22.5 Å². The lowest BCUT2D eigenvalue weighted by Crippen LogP contribution is -2.01. The molecule has 0 saturated carbocycles. The number of aldehydes is 1. The molecular formula is C8H6F2INO2. The summed E-state index contributed by atoms with van der Waals surface area (Å²) in [6.07, 6.45) is -1.07. The standard InChI is InChI=1S/C8H6F2INO2/c1-14-7-4(3-13)2-12-6(5(7)11)8(9)10/h2-3,8H,1H3. The third kappa shape index (κ3) is 1.99. The first-order valence-corrected chi connectivity index (χ1v) is 4.65. The lowest BCUT2D eigenvalue weighted by atomic mass is 10.2. The molecule has 0 aromatic carbocycles. The summed E-state index contributed by atoms with van der Waals surface area (Å²) in [6.45, 7) is 0. The zero-order chi connectivity index (χ0) is 10.7. The van der Waals surface area contributed by atoms with Crippen LogP contribution < -0.4 is 4.74 Å². The van der Waals surface area contributed by atoms with Crippen LogP contribution in [0.25, 0.3) is 0 Å². The molecule has 1 rings (SSSR count). The number of carbonyl (C=O) groups excluding carboxylic acids is 1. The molecule has 1 heterocycles. The zero-order valence-electron chi connectivity index (χ0n) is 7.13. The maximum absolute atomic E-state index is 12.4. The first-order valence-electron chi connectivity index (χ1n) is 3.57. The average molecular weight is 313 g/mol. The van der Waals surface area contributed by atoms with E-state index in [1.807, 2.05) is 0 Å². The van der Waals surface area contributed by atoms with Crippen molar-refractivity contribution in [1.29, 1.82) is 0 Å². The van der Waals surface area contributed by atoms with Gasteiger partial charge in [0, 0.05) is 6.20 Å². The van der Waals surface area contributed by atoms with Gasteiger partial charge in [0.25, 0.3) is 6.43 Å². The molecular weight excluding hydrogens is 307 g/mol. The Balaban J connectivity index is 3.34. The van der Waals surface area contributed by atoms with Crippen LogP contribution in [-0.4, -0.2) is 18.4 Å². The molecule has 0 bridgehead atoms. The fourth-order valence-corrected chi connectivity index (χ4v) is 1.85. The van der Waals surface area contributed by atoms with E-state index in [1.54, 1.807) is 22.6 Å². The van der Waals surface area contributed by atoms with Crippen LogP contribution >= 0.6 is 22.6 Å². The second kappa shape index (κ2) is 4.63. The molecule has 0 saturated heterocycles. The highest BCUT2D eigenvalue weighted by atomic mass is 127. The lowest BCUT2D eigenvalue weighted by Gasteiger charge is -2.09. The second-order valence-electron chi connectivity index (χ2n) is 2.36. The molecule has 6 heteroatoms. The number of hydrogen-bond donors (Lipinski definition) is 0. The Kier molecular flexibility index (Phi) is 3.73. The molecule has 0 spiro atoms. The molecule has 0 aliphatic heterocycles. The van der Waals surface area contributed by atoms with Gasteiger partial charge in [-0.25, -0.2) is 8.78 Å². The fraction of sp³-hybridized carbons (Fsp3) is 0.250. The van der Waals surface area contributed by atoms with E-state index in [0.717, 1.165) is 6.20 Å². The Hall–Kier alpha value is -0.790. The summed E-state index contributed by atoms with van der Waals surface area (Å²) in [5.74, 6) is 0.144. The molecule has 0 radical (unpaired) electrons. The molecule has 0 aliphatic rings. The molecule has 76 valence electrons. The third-order valence-electron chi connectivity index (χ3n) is 1.57. The van der Waals surface area contributed by atoms with Gasteiger partial charge in [-0.3, -0.25) is 9.78 Å². The minimum absolute atomic E-state index is 0.144. The van der Waals surface area contributed by atoms with Crippen molar-refractivity contribution in [1.82, 2.24) is 4.98 Å². The fourth-order valence-electron chi connectivity index (χ4n) is 0.941. The summed E-state index contributed by atoms with van der Waals surface area (Å²) >= 11 is 1.68. The second-order valence-corrected chi connectivity index (χ2v) is 3.44. The van der Waals surface area contributed by atoms with Crippen molar-refractivity contribution < 1.29 is 18.3 Å². The van der Waals surface area contributed by atoms with Crippen molar-refractivity contribution in [2.45, 2.75) is 6.43 Å². The molecule has 0 aliphatic carbocycles. The van der Waals surface area contributed by atoms with E-state index in [4.69, 9.17) is 4.74 Å². The Morgan fingerprint density at radius 1 is 1.64 bits per heavy atom. The van der Waals surface area contributed by atoms with Gasteiger partial charge in [-0.15, -0.1) is 0 Å². The Bertz CT molecular complexity index is 357. The van der Waals surface area contributed by atoms with E-state index in [0.29, 0.717) is 6.29 Å². The maximum Gasteiger partial charge on any atom is 0.281 e. The van der Waals surface area contributed by atoms with E-state index in [1.165, 1.54) is 7.11 Å². The molecule has 14 heavy (non-hydrogen) atoms. The van der Waals surface area contributed by atoms with E-state index in [2.05, 4.69) is 4.98 Å². The molecule has 0 unspecified atom stereocenters. The van der Waals surface area contributed by atoms with Gasteiger partial charge >= 0.3 is 0 Å². The quantitative estimate of drug-likeness (QED) is 0.635. The van der Waals surface area contributed by atoms with Crippen molar-refractivity contribution in [3.8, 4) is 5.75 Å². The van der Waals surface area contributed by atoms with Crippen LogP contribution in [0.15, 0.2) is 6.20 Å². The monoisotopic (exact) mass is 313 g/mol. The maximum atomic E-state index is 12.4. The number of hydrogen-bond acceptors (Lipinski definition) is 3. The van der Waals surface area contributed by atoms with Gasteiger partial charge in [0.15, 0.2) is 6.29 Å². The summed E-state index contributed by atoms with van der Waals surface area (Å²) < 4.78 is 29.8. The molecule has 3 nitrogen and oxygen atoms in total. The predicted molar refractivity (Wildman–Crippen MR) is 53.9 cm³/mol. The van der Waals surface area contributed by atoms with E-state index < -0.39 is 6.43 Å². The Morgan fingerprint density at radius 3 is 2.71 bits per heavy atom. The lowest BCUT2D eigenvalue weighted by molar-refractivity contribution is 0.111. The highest BCUT2D eigenvalue weighted by Gasteiger charge is 2.19. The average Bonchev–Trinajstić information content (AvgIpc) is 2.16. The molecule has 0 atom stereocenters. The van der Waals surface area contributed by atoms with Crippen molar-refractivity contribution >= 4 is 28.9 Å². The molecule has 0 fully saturated rings. The van der Waals surface area contributed by atoms with Crippen molar-refractivity contribution in [2.75, 3.05) is 7.11 Å². The van der Waals surface area contributed by atoms with Crippen molar-refractivity contribution in [3.63, 3.8) is 0 Å². The molecule has 1 aromatic heterocycles. The number of pyridine rings is 1. The number of nitrogens with zero attached hydrogens (tertiary/aromatic N) is 1. The minimum Gasteiger partial charge on any atom is -0.495 e. The number of rotatable bonds is 3. The number of alkyl halides is 2. The van der Waals surface area contributed by atoms with Crippen molar-refractivity contribution in [2.24, 2.45) is 0 Å². The smallest absolute Gasteiger partial charge is 0.281 e. The minimum atomic E-state index is -2.67. The van der Waals surface area contributed by atoms with Crippen LogP contribution in [0.2, 0.25) is 0 Å². The normalized spacial score (nSPS) is 10.4. The van der Waals surface area contributed by atoms with Gasteiger partial charge in [-0.05, 0) is 22.6 Å². The van der Waals surface area contributed by atoms with Gasteiger partial charge in [0.2, 0.25) is 0 Å². The predicted octanol–water partition coefficient (Wildman–Crippen LogP) is 2.44. The van der Waals surface area contributed by atoms with Crippen LogP contribution in [0.3, 0.4) is 0 Å². The van der Waals surface area contributed by atoms with Crippen molar-refractivity contribution in [3.05, 3.63) is 21.0 Å². The van der Waals surface area contributed by atoms with E-state index in [9.17, 15) is 13.6 Å². The zero-order valence-corrected chi connectivity index (χ0v) is 9.29. The summed E-state index contributed by atoms with van der Waals surface area (Å²) in [5.41, 5.74) is -0.200. The van der Waals surface area contributed by atoms with Crippen LogP contribution in [0, 0.1) is 3.57 Å². The van der Waals surface area contributed by atoms with Gasteiger partial charge < -0.3 is 4.74 Å². The number of methoxy groups -OCH3 is 1. The first kappa shape index (κ1) is 11.3. The van der Waals surface area contributed by atoms with Gasteiger partial charge in [0.05, 0.1) is 16.2 Å². The first-order chi connectivity index (χ1) is 6.61. The van der Waals surface area contributed by atoms with E-state index in [-0.39, 0.29) is 20.6 Å². The summed E-state index contributed by atoms with van der Waals surface area (Å²) in [5, 5.41) is 0. The summed E-state index contributed by atoms with van der Waals surface area (Å²) in [4.78, 5) is 14.0. The van der Waals surface area contributed by atoms with Gasteiger partial charge in [0.1, 0.15) is 11.4 Å². The number of carbonyl (C=O) groups is 1. The van der Waals surface area contributed by atoms with Crippen LogP contribution in [0.5, 0.6) is 5.75 Å². The van der Waals surface area contributed by atoms with Crippen LogP contribution in [-0.2, 0) is 0 Å². The van der Waals surface area contributed by atoms with Crippen LogP contribution in [0.4, 0.5) is 8.78 Å². The number of halogens is 3. The highest BCUT2D eigenvalue weighted by molar-refractivity contribution is 14.1. The van der Waals surface area contributed by atoms with Gasteiger partial charge in [-0.1, -0.05) is 0 Å². The van der Waals surface area contributed by atoms with Gasteiger partial charge in [-0.2, -0.15) is 0 Å². The Labute approximate surface area is 92.6 Å². The Morgan fingerprint density at radius 2 is 2.29 bits per heavy atom. The number of aromatic nitrogens is 1. The summed E-state index contributed by atoms with van der Waals surface area (Å²) in [7, 11) is 1.32. The number of ether oxygens (including phenoxy) is 1. The third-order valence-corrected chi connectivity index (χ3v) is 2.61.